The molecule has 498 valence electrons. The lowest BCUT2D eigenvalue weighted by molar-refractivity contribution is -0.158. The molecule has 13 atom stereocenters. The summed E-state index contributed by atoms with van der Waals surface area (Å²) in [4.78, 5) is 169. The number of likely N-dealkylation sites (N-methyl/N-ethyl adjacent to an activating group) is 7. The molecule has 2 saturated heterocycles. The third-order valence-corrected chi connectivity index (χ3v) is 16.7. The average Bonchev–Trinajstić information content (AvgIpc) is 2.35. The third-order valence-electron chi connectivity index (χ3n) is 16.7. The first-order chi connectivity index (χ1) is 40.1. The van der Waals surface area contributed by atoms with Gasteiger partial charge in [-0.1, -0.05) is 83.1 Å². The van der Waals surface area contributed by atoms with Crippen molar-refractivity contribution in [3.63, 3.8) is 0 Å². The number of rotatable bonds is 14. The van der Waals surface area contributed by atoms with E-state index in [2.05, 4.69) is 21.3 Å². The molecule has 25 nitrogen and oxygen atoms in total. The van der Waals surface area contributed by atoms with E-state index in [0.717, 1.165) is 9.80 Å². The number of amides is 11. The zero-order valence-corrected chi connectivity index (χ0v) is 56.7. The molecule has 0 radical (unpaired) electrons. The van der Waals surface area contributed by atoms with Gasteiger partial charge in [0.05, 0.1) is 24.4 Å². The van der Waals surface area contributed by atoms with Crippen molar-refractivity contribution in [1.82, 2.24) is 55.6 Å². The third kappa shape index (κ3) is 21.1. The van der Waals surface area contributed by atoms with Crippen LogP contribution in [0.3, 0.4) is 0 Å². The van der Waals surface area contributed by atoms with Crippen molar-refractivity contribution >= 4 is 65.0 Å². The van der Waals surface area contributed by atoms with Crippen molar-refractivity contribution in [3.05, 3.63) is 0 Å². The molecule has 87 heavy (non-hydrogen) atoms. The molecule has 2 aliphatic heterocycles. The molecule has 2 aliphatic rings. The number of aliphatic hydroxyl groups excluding tert-OH is 1. The van der Waals surface area contributed by atoms with Gasteiger partial charge in [-0.3, -0.25) is 52.7 Å². The van der Waals surface area contributed by atoms with E-state index in [-0.39, 0.29) is 68.8 Å². The van der Waals surface area contributed by atoms with Gasteiger partial charge >= 0.3 is 0 Å². The number of hydrogen-bond acceptors (Lipinski definition) is 14. The summed E-state index contributed by atoms with van der Waals surface area (Å²) >= 11 is 0. The normalized spacial score (nSPS) is 29.3. The molecule has 6 N–H and O–H groups in total. The first-order valence-electron chi connectivity index (χ1n) is 31.1. The van der Waals surface area contributed by atoms with Crippen LogP contribution in [0.15, 0.2) is 0 Å². The molecule has 0 spiro atoms. The monoisotopic (exact) mass is 1230 g/mol. The first-order valence-corrected chi connectivity index (χ1v) is 31.1. The Morgan fingerprint density at radius 1 is 0.529 bits per heavy atom. The van der Waals surface area contributed by atoms with Gasteiger partial charge in [0.1, 0.15) is 60.4 Å². The van der Waals surface area contributed by atoms with Crippen molar-refractivity contribution in [2.24, 2.45) is 35.5 Å². The Morgan fingerprint density at radius 3 is 1.48 bits per heavy atom. The summed E-state index contributed by atoms with van der Waals surface area (Å²) in [6.45, 7) is 26.5. The zero-order chi connectivity index (χ0) is 67.2. The summed E-state index contributed by atoms with van der Waals surface area (Å²) < 4.78 is 6.44. The number of hydrogen-bond donors (Lipinski definition) is 6. The summed E-state index contributed by atoms with van der Waals surface area (Å²) in [5.41, 5.74) is -1.56. The van der Waals surface area contributed by atoms with Crippen molar-refractivity contribution in [3.8, 4) is 0 Å². The second-order valence-corrected chi connectivity index (χ2v) is 27.2. The highest BCUT2D eigenvalue weighted by atomic mass is 16.5. The van der Waals surface area contributed by atoms with E-state index in [1.54, 1.807) is 34.6 Å². The fourth-order valence-electron chi connectivity index (χ4n) is 11.5. The lowest BCUT2D eigenvalue weighted by Gasteiger charge is -2.42. The fraction of sp³-hybridized carbons (Fsp3) is 0.823. The van der Waals surface area contributed by atoms with Crippen LogP contribution in [0.5, 0.6) is 0 Å². The lowest BCUT2D eigenvalue weighted by Crippen LogP contribution is -2.63. The van der Waals surface area contributed by atoms with Gasteiger partial charge in [-0.25, -0.2) is 0 Å². The van der Waals surface area contributed by atoms with E-state index in [9.17, 15) is 43.8 Å². The van der Waals surface area contributed by atoms with Crippen molar-refractivity contribution in [2.45, 2.75) is 234 Å². The van der Waals surface area contributed by atoms with E-state index >= 15 is 19.2 Å². The van der Waals surface area contributed by atoms with Crippen LogP contribution < -0.4 is 21.3 Å². The minimum Gasteiger partial charge on any atom is -0.396 e. The smallest absolute Gasteiger partial charge is 0.246 e. The summed E-state index contributed by atoms with van der Waals surface area (Å²) in [6, 6.07) is -12.6. The van der Waals surface area contributed by atoms with Crippen LogP contribution in [0, 0.1) is 35.5 Å². The van der Waals surface area contributed by atoms with Crippen LogP contribution in [-0.4, -0.2) is 250 Å². The van der Waals surface area contributed by atoms with Crippen molar-refractivity contribution in [2.75, 3.05) is 62.5 Å². The Kier molecular flexibility index (Phi) is 29.8. The van der Waals surface area contributed by atoms with Crippen LogP contribution in [-0.2, 0) is 57.5 Å². The van der Waals surface area contributed by atoms with Gasteiger partial charge in [0.25, 0.3) is 0 Å². The average molecular weight is 1230 g/mol. The van der Waals surface area contributed by atoms with Gasteiger partial charge in [0.2, 0.25) is 65.0 Å². The molecule has 0 aliphatic carbocycles. The van der Waals surface area contributed by atoms with Gasteiger partial charge in [-0.15, -0.1) is 0 Å². The Labute approximate surface area is 518 Å². The van der Waals surface area contributed by atoms with Crippen molar-refractivity contribution in [1.29, 1.82) is 0 Å². The molecule has 2 rings (SSSR count). The Balaban J connectivity index is 2.99. The SMILES string of the molecule is CC[C@@H]1NC(=O)[C@H]([C@@H]2OC(CCO)C[C@H]2C)N(C)C(=O)[C@H](C(C)C)N(C)C(=O)[C@H](CC(C)C)N(C)C(=O)[C@H](CC(C)(C)O)N(C)C(=O)[C@@H](C)NC(=O)[C@H](C)NC(=O)[C@H](CC(C)C)N(C)C(=O)[C@H](C(C)C)NC(=O)[C@H](CC(C)C)N(C)C(=O)CN(C)C1=O. The lowest BCUT2D eigenvalue weighted by atomic mass is 9.92. The van der Waals surface area contributed by atoms with Gasteiger partial charge in [0, 0.05) is 62.4 Å². The minimum absolute atomic E-state index is 0.0394. The predicted octanol–water partition coefficient (Wildman–Crippen LogP) is 1.60. The van der Waals surface area contributed by atoms with Crippen LogP contribution in [0.2, 0.25) is 0 Å². The van der Waals surface area contributed by atoms with E-state index in [4.69, 9.17) is 4.74 Å². The summed E-state index contributed by atoms with van der Waals surface area (Å²) in [5, 5.41) is 32.1. The highest BCUT2D eigenvalue weighted by Crippen LogP contribution is 2.33. The molecule has 0 aromatic carbocycles. The Morgan fingerprint density at radius 2 is 1.00 bits per heavy atom. The maximum atomic E-state index is 15.3. The molecule has 2 heterocycles. The summed E-state index contributed by atoms with van der Waals surface area (Å²) in [5.74, 6) is -9.64. The molecule has 0 aromatic rings. The van der Waals surface area contributed by atoms with Gasteiger partial charge in [0.15, 0.2) is 0 Å². The van der Waals surface area contributed by atoms with Crippen LogP contribution in [0.1, 0.15) is 156 Å². The van der Waals surface area contributed by atoms with Crippen molar-refractivity contribution < 1.29 is 67.7 Å². The predicted molar refractivity (Wildman–Crippen MR) is 329 cm³/mol. The molecule has 2 fully saturated rings. The molecule has 0 saturated carbocycles. The standard InChI is InChI=1S/C62H111N11O14/c1-24-42-57(81)67(17)32-47(75)68(18)43(27-33(2)3)54(78)66-48(36(8)9)60(84)69(19)44(28-34(4)5)53(77)63-39(13)52(76)64-40(14)56(80)71(21)46(31-62(15,16)86)59(83)70(20)45(29-35(6)7)58(82)72(22)49(37(10)11)61(85)73(23)50(55(79)65-42)51-38(12)30-41(87-51)25-26-74/h33-46,48-51,74,86H,24-32H2,1-23H3,(H,63,77)(H,64,76)(H,65,79)(H,66,78)/t38-,39+,40-,41?,42+,43+,44+,45+,46+,48+,49+,50+,51-/m1/s1. The molecule has 11 amide bonds. The molecule has 0 aromatic heterocycles. The summed E-state index contributed by atoms with van der Waals surface area (Å²) in [6.07, 6.45) is -0.671. The topological polar surface area (TPSA) is 308 Å². The number of nitrogens with zero attached hydrogens (tertiary/aromatic N) is 7. The fourth-order valence-corrected chi connectivity index (χ4v) is 11.5. The number of carbonyl (C=O) groups excluding carboxylic acids is 11. The zero-order valence-electron chi connectivity index (χ0n) is 56.7. The maximum absolute atomic E-state index is 15.3. The van der Waals surface area contributed by atoms with Gasteiger partial charge < -0.3 is 70.5 Å². The second-order valence-electron chi connectivity index (χ2n) is 27.2. The van der Waals surface area contributed by atoms with E-state index < -0.39 is 162 Å². The van der Waals surface area contributed by atoms with Crippen LogP contribution in [0.25, 0.3) is 0 Å². The molecular formula is C62H111N11O14. The van der Waals surface area contributed by atoms with E-state index in [0.29, 0.717) is 6.42 Å². The Bertz CT molecular complexity index is 2400. The molecular weight excluding hydrogens is 1120 g/mol. The molecule has 0 bridgehead atoms. The van der Waals surface area contributed by atoms with Crippen LogP contribution >= 0.6 is 0 Å². The summed E-state index contributed by atoms with van der Waals surface area (Å²) in [7, 11) is 9.80. The second kappa shape index (κ2) is 33.6. The highest BCUT2D eigenvalue weighted by molar-refractivity contribution is 5.99. The quantitative estimate of drug-likeness (QED) is 0.144. The molecule has 1 unspecified atom stereocenters. The highest BCUT2D eigenvalue weighted by Gasteiger charge is 2.49. The largest absolute Gasteiger partial charge is 0.396 e. The van der Waals surface area contributed by atoms with Crippen LogP contribution in [0.4, 0.5) is 0 Å². The Hall–Kier alpha value is -5.95. The number of ether oxygens (including phenoxy) is 1. The van der Waals surface area contributed by atoms with E-state index in [1.165, 1.54) is 102 Å². The van der Waals surface area contributed by atoms with Gasteiger partial charge in [-0.05, 0) is 102 Å². The van der Waals surface area contributed by atoms with E-state index in [1.807, 2.05) is 48.5 Å². The minimum atomic E-state index is -1.56. The number of carbonyl (C=O) groups is 11. The first kappa shape index (κ1) is 77.1. The maximum Gasteiger partial charge on any atom is 0.246 e. The number of aliphatic hydroxyl groups is 2. The van der Waals surface area contributed by atoms with Gasteiger partial charge in [-0.2, -0.15) is 0 Å². The number of nitrogens with one attached hydrogen (secondary N) is 4. The molecule has 25 heteroatoms.